The van der Waals surface area contributed by atoms with Crippen LogP contribution in [0.1, 0.15) is 33.0 Å². The molecule has 0 saturated heterocycles. The Balaban J connectivity index is 1.81. The van der Waals surface area contributed by atoms with E-state index in [4.69, 9.17) is 5.73 Å². The standard InChI is InChI=1S/C15H16N2OS/c16-11-6-2-3-7-12(11)17-15(18)14-9-10-5-1-4-8-13(10)19-14/h2-3,6-7,9H,1,4-5,8,16H2,(H,17,18). The topological polar surface area (TPSA) is 55.1 Å². The van der Waals surface area contributed by atoms with Gasteiger partial charge in [0.05, 0.1) is 16.3 Å². The summed E-state index contributed by atoms with van der Waals surface area (Å²) in [5, 5.41) is 2.88. The summed E-state index contributed by atoms with van der Waals surface area (Å²) in [4.78, 5) is 14.4. The van der Waals surface area contributed by atoms with Gasteiger partial charge in [0.25, 0.3) is 5.91 Å². The van der Waals surface area contributed by atoms with E-state index in [0.717, 1.165) is 17.7 Å². The number of fused-ring (bicyclic) bond motifs is 1. The van der Waals surface area contributed by atoms with Crippen LogP contribution < -0.4 is 11.1 Å². The highest BCUT2D eigenvalue weighted by atomic mass is 32.1. The van der Waals surface area contributed by atoms with Crippen molar-refractivity contribution < 1.29 is 4.79 Å². The monoisotopic (exact) mass is 272 g/mol. The predicted octanol–water partition coefficient (Wildman–Crippen LogP) is 3.46. The number of rotatable bonds is 2. The number of carbonyl (C=O) groups excluding carboxylic acids is 1. The molecule has 0 spiro atoms. The maximum absolute atomic E-state index is 12.2. The molecule has 0 saturated carbocycles. The van der Waals surface area contributed by atoms with Crippen LogP contribution in [0.3, 0.4) is 0 Å². The molecule has 0 bridgehead atoms. The van der Waals surface area contributed by atoms with Crippen molar-refractivity contribution in [2.75, 3.05) is 11.1 Å². The zero-order valence-corrected chi connectivity index (χ0v) is 11.4. The van der Waals surface area contributed by atoms with Gasteiger partial charge in [-0.3, -0.25) is 4.79 Å². The van der Waals surface area contributed by atoms with E-state index in [0.29, 0.717) is 11.4 Å². The van der Waals surface area contributed by atoms with Gasteiger partial charge >= 0.3 is 0 Å². The summed E-state index contributed by atoms with van der Waals surface area (Å²) in [6.07, 6.45) is 4.68. The van der Waals surface area contributed by atoms with E-state index in [1.54, 1.807) is 17.4 Å². The lowest BCUT2D eigenvalue weighted by atomic mass is 9.99. The Kier molecular flexibility index (Phi) is 3.25. The fourth-order valence-electron chi connectivity index (χ4n) is 2.40. The number of amides is 1. The minimum atomic E-state index is -0.0581. The van der Waals surface area contributed by atoms with Gasteiger partial charge in [-0.2, -0.15) is 0 Å². The molecule has 1 aliphatic rings. The van der Waals surface area contributed by atoms with E-state index in [2.05, 4.69) is 5.32 Å². The largest absolute Gasteiger partial charge is 0.397 e. The number of nitrogens with two attached hydrogens (primary N) is 1. The molecular formula is C15H16N2OS. The summed E-state index contributed by atoms with van der Waals surface area (Å²) in [5.41, 5.74) is 8.46. The van der Waals surface area contributed by atoms with Crippen molar-refractivity contribution in [3.05, 3.63) is 45.6 Å². The molecule has 0 unspecified atom stereocenters. The Morgan fingerprint density at radius 1 is 1.21 bits per heavy atom. The highest BCUT2D eigenvalue weighted by molar-refractivity contribution is 7.14. The molecule has 2 aromatic rings. The number of nitrogen functional groups attached to an aromatic ring is 1. The first-order valence-corrected chi connectivity index (χ1v) is 7.33. The van der Waals surface area contributed by atoms with E-state index in [1.165, 1.54) is 23.3 Å². The van der Waals surface area contributed by atoms with E-state index in [1.807, 2.05) is 24.3 Å². The lowest BCUT2D eigenvalue weighted by Crippen LogP contribution is -2.11. The lowest BCUT2D eigenvalue weighted by molar-refractivity contribution is 0.103. The average molecular weight is 272 g/mol. The first-order valence-electron chi connectivity index (χ1n) is 6.51. The van der Waals surface area contributed by atoms with E-state index >= 15 is 0 Å². The fraction of sp³-hybridized carbons (Fsp3) is 0.267. The summed E-state index contributed by atoms with van der Waals surface area (Å²) < 4.78 is 0. The van der Waals surface area contributed by atoms with Gasteiger partial charge in [0.2, 0.25) is 0 Å². The third-order valence-corrected chi connectivity index (χ3v) is 4.67. The van der Waals surface area contributed by atoms with Crippen molar-refractivity contribution >= 4 is 28.6 Å². The number of hydrogen-bond donors (Lipinski definition) is 2. The molecule has 4 heteroatoms. The van der Waals surface area contributed by atoms with Gasteiger partial charge in [0.1, 0.15) is 0 Å². The second-order valence-corrected chi connectivity index (χ2v) is 5.94. The molecule has 1 aromatic heterocycles. The van der Waals surface area contributed by atoms with Crippen molar-refractivity contribution in [2.24, 2.45) is 0 Å². The van der Waals surface area contributed by atoms with Crippen LogP contribution in [0.25, 0.3) is 0 Å². The van der Waals surface area contributed by atoms with Crippen LogP contribution in [-0.4, -0.2) is 5.91 Å². The van der Waals surface area contributed by atoms with Crippen molar-refractivity contribution in [2.45, 2.75) is 25.7 Å². The Hall–Kier alpha value is -1.81. The molecule has 0 fully saturated rings. The second kappa shape index (κ2) is 5.05. The molecule has 3 N–H and O–H groups in total. The smallest absolute Gasteiger partial charge is 0.265 e. The van der Waals surface area contributed by atoms with Crippen LogP contribution in [0.15, 0.2) is 30.3 Å². The van der Waals surface area contributed by atoms with Gasteiger partial charge in [-0.15, -0.1) is 11.3 Å². The SMILES string of the molecule is Nc1ccccc1NC(=O)c1cc2c(s1)CCCC2. The average Bonchev–Trinajstić information content (AvgIpc) is 2.85. The molecule has 98 valence electrons. The van der Waals surface area contributed by atoms with Crippen LogP contribution >= 0.6 is 11.3 Å². The third-order valence-electron chi connectivity index (χ3n) is 3.43. The van der Waals surface area contributed by atoms with Gasteiger partial charge in [-0.1, -0.05) is 12.1 Å². The second-order valence-electron chi connectivity index (χ2n) is 4.81. The van der Waals surface area contributed by atoms with Crippen molar-refractivity contribution in [1.82, 2.24) is 0 Å². The summed E-state index contributed by atoms with van der Waals surface area (Å²) in [7, 11) is 0. The van der Waals surface area contributed by atoms with Crippen LogP contribution in [0.4, 0.5) is 11.4 Å². The summed E-state index contributed by atoms with van der Waals surface area (Å²) in [6, 6.07) is 9.36. The third kappa shape index (κ3) is 2.49. The van der Waals surface area contributed by atoms with Crippen molar-refractivity contribution in [3.8, 4) is 0 Å². The highest BCUT2D eigenvalue weighted by Gasteiger charge is 2.17. The molecule has 1 amide bonds. The summed E-state index contributed by atoms with van der Waals surface area (Å²) in [5.74, 6) is -0.0581. The Bertz CT molecular complexity index is 595. The number of benzene rings is 1. The summed E-state index contributed by atoms with van der Waals surface area (Å²) >= 11 is 1.62. The number of thiophene rings is 1. The molecule has 0 atom stereocenters. The molecular weight excluding hydrogens is 256 g/mol. The molecule has 3 nitrogen and oxygen atoms in total. The maximum atomic E-state index is 12.2. The number of carbonyl (C=O) groups is 1. The Morgan fingerprint density at radius 2 is 2.00 bits per heavy atom. The fourth-order valence-corrected chi connectivity index (χ4v) is 3.55. The zero-order valence-electron chi connectivity index (χ0n) is 10.6. The number of para-hydroxylation sites is 2. The van der Waals surface area contributed by atoms with Crippen LogP contribution in [-0.2, 0) is 12.8 Å². The normalized spacial score (nSPS) is 13.9. The van der Waals surface area contributed by atoms with Crippen LogP contribution in [0.5, 0.6) is 0 Å². The van der Waals surface area contributed by atoms with Gasteiger partial charge < -0.3 is 11.1 Å². The molecule has 3 rings (SSSR count). The Morgan fingerprint density at radius 3 is 2.79 bits per heavy atom. The summed E-state index contributed by atoms with van der Waals surface area (Å²) in [6.45, 7) is 0. The van der Waals surface area contributed by atoms with Crippen LogP contribution in [0.2, 0.25) is 0 Å². The lowest BCUT2D eigenvalue weighted by Gasteiger charge is -2.08. The molecule has 1 aromatic carbocycles. The molecule has 1 heterocycles. The van der Waals surface area contributed by atoms with Crippen LogP contribution in [0, 0.1) is 0 Å². The van der Waals surface area contributed by atoms with Crippen molar-refractivity contribution in [1.29, 1.82) is 0 Å². The molecule has 19 heavy (non-hydrogen) atoms. The predicted molar refractivity (Wildman–Crippen MR) is 79.8 cm³/mol. The van der Waals surface area contributed by atoms with E-state index in [-0.39, 0.29) is 5.91 Å². The number of hydrogen-bond acceptors (Lipinski definition) is 3. The molecule has 1 aliphatic carbocycles. The minimum absolute atomic E-state index is 0.0581. The number of nitrogens with one attached hydrogen (secondary N) is 1. The quantitative estimate of drug-likeness (QED) is 0.823. The molecule has 0 aliphatic heterocycles. The first kappa shape index (κ1) is 12.2. The number of anilines is 2. The van der Waals surface area contributed by atoms with Gasteiger partial charge in [-0.25, -0.2) is 0 Å². The number of aryl methyl sites for hydroxylation is 2. The van der Waals surface area contributed by atoms with E-state index in [9.17, 15) is 4.79 Å². The first-order chi connectivity index (χ1) is 9.24. The Labute approximate surface area is 116 Å². The highest BCUT2D eigenvalue weighted by Crippen LogP contribution is 2.30. The van der Waals surface area contributed by atoms with Gasteiger partial charge in [-0.05, 0) is 49.4 Å². The zero-order chi connectivity index (χ0) is 13.2. The maximum Gasteiger partial charge on any atom is 0.265 e. The minimum Gasteiger partial charge on any atom is -0.397 e. The van der Waals surface area contributed by atoms with Gasteiger partial charge in [0.15, 0.2) is 0 Å². The van der Waals surface area contributed by atoms with Gasteiger partial charge in [0, 0.05) is 4.88 Å². The molecule has 0 radical (unpaired) electrons. The van der Waals surface area contributed by atoms with Crippen molar-refractivity contribution in [3.63, 3.8) is 0 Å². The van der Waals surface area contributed by atoms with E-state index < -0.39 is 0 Å².